The summed E-state index contributed by atoms with van der Waals surface area (Å²) in [6, 6.07) is 10.3. The van der Waals surface area contributed by atoms with Crippen LogP contribution < -0.4 is 4.72 Å². The minimum atomic E-state index is -3.53. The molecule has 0 saturated heterocycles. The number of carboxylic acid groups (broad SMARTS) is 1. The molecule has 0 aromatic heterocycles. The molecule has 2 aromatic rings. The first-order valence-corrected chi connectivity index (χ1v) is 8.35. The van der Waals surface area contributed by atoms with Gasteiger partial charge in [0, 0.05) is 0 Å². The molecule has 0 aliphatic carbocycles. The number of fused-ring (bicyclic) bond motifs is 1. The van der Waals surface area contributed by atoms with Crippen molar-refractivity contribution >= 4 is 32.5 Å². The molecule has 2 aromatic carbocycles. The Morgan fingerprint density at radius 1 is 1.19 bits per heavy atom. The number of hydrogen-bond acceptors (Lipinski definition) is 3. The highest BCUT2D eigenvalue weighted by molar-refractivity contribution is 7.92. The fourth-order valence-corrected chi connectivity index (χ4v) is 3.33. The summed E-state index contributed by atoms with van der Waals surface area (Å²) in [4.78, 5) is 11.3. The second-order valence-corrected chi connectivity index (χ2v) is 6.67. The Balaban J connectivity index is 2.46. The third kappa shape index (κ3) is 3.72. The van der Waals surface area contributed by atoms with E-state index in [2.05, 4.69) is 4.72 Å². The van der Waals surface area contributed by atoms with Crippen LogP contribution in [0.25, 0.3) is 10.8 Å². The predicted octanol–water partition coefficient (Wildman–Crippen LogP) is 3.08. The maximum absolute atomic E-state index is 12.0. The van der Waals surface area contributed by atoms with Gasteiger partial charge in [-0.1, -0.05) is 37.6 Å². The van der Waals surface area contributed by atoms with Gasteiger partial charge in [-0.05, 0) is 29.3 Å². The molecule has 0 bridgehead atoms. The number of nitrogens with one attached hydrogen (secondary N) is 1. The van der Waals surface area contributed by atoms with E-state index in [1.165, 1.54) is 6.07 Å². The lowest BCUT2D eigenvalue weighted by Crippen LogP contribution is -2.18. The molecule has 21 heavy (non-hydrogen) atoms. The summed E-state index contributed by atoms with van der Waals surface area (Å²) in [6.45, 7) is 1.90. The Bertz CT molecular complexity index is 768. The first kappa shape index (κ1) is 15.3. The van der Waals surface area contributed by atoms with Gasteiger partial charge in [0.1, 0.15) is 0 Å². The first-order valence-electron chi connectivity index (χ1n) is 6.69. The van der Waals surface area contributed by atoms with Gasteiger partial charge in [-0.25, -0.2) is 13.2 Å². The smallest absolute Gasteiger partial charge is 0.337 e. The van der Waals surface area contributed by atoms with Gasteiger partial charge in [0.15, 0.2) is 0 Å². The SMILES string of the molecule is CCCCS(=O)(=O)Nc1cc2ccccc2cc1C(=O)O. The minimum Gasteiger partial charge on any atom is -0.478 e. The molecular weight excluding hydrogens is 290 g/mol. The second kappa shape index (κ2) is 6.13. The van der Waals surface area contributed by atoms with E-state index in [4.69, 9.17) is 0 Å². The lowest BCUT2D eigenvalue weighted by Gasteiger charge is -2.11. The molecule has 0 amide bonds. The normalized spacial score (nSPS) is 11.5. The molecule has 0 heterocycles. The number of unbranched alkanes of at least 4 members (excludes halogenated alkanes) is 1. The van der Waals surface area contributed by atoms with Crippen molar-refractivity contribution in [2.75, 3.05) is 10.5 Å². The molecule has 0 fully saturated rings. The number of rotatable bonds is 6. The summed E-state index contributed by atoms with van der Waals surface area (Å²) in [6.07, 6.45) is 1.29. The van der Waals surface area contributed by atoms with Crippen molar-refractivity contribution in [3.8, 4) is 0 Å². The van der Waals surface area contributed by atoms with E-state index in [9.17, 15) is 18.3 Å². The van der Waals surface area contributed by atoms with Crippen LogP contribution in [0.4, 0.5) is 5.69 Å². The van der Waals surface area contributed by atoms with Crippen LogP contribution in [0.15, 0.2) is 36.4 Å². The molecule has 0 aliphatic heterocycles. The number of carboxylic acids is 1. The van der Waals surface area contributed by atoms with Crippen molar-refractivity contribution in [2.45, 2.75) is 19.8 Å². The van der Waals surface area contributed by atoms with Gasteiger partial charge in [0.2, 0.25) is 10.0 Å². The van der Waals surface area contributed by atoms with Crippen LogP contribution in [-0.4, -0.2) is 25.2 Å². The fourth-order valence-electron chi connectivity index (χ4n) is 2.05. The molecule has 6 heteroatoms. The minimum absolute atomic E-state index is 0.0185. The van der Waals surface area contributed by atoms with Crippen LogP contribution in [0, 0.1) is 0 Å². The van der Waals surface area contributed by atoms with E-state index >= 15 is 0 Å². The van der Waals surface area contributed by atoms with E-state index in [0.717, 1.165) is 17.2 Å². The molecule has 112 valence electrons. The maximum Gasteiger partial charge on any atom is 0.337 e. The molecular formula is C15H17NO4S. The van der Waals surface area contributed by atoms with Crippen molar-refractivity contribution in [2.24, 2.45) is 0 Å². The third-order valence-electron chi connectivity index (χ3n) is 3.15. The lowest BCUT2D eigenvalue weighted by molar-refractivity contribution is 0.0698. The van der Waals surface area contributed by atoms with Gasteiger partial charge in [0.05, 0.1) is 17.0 Å². The highest BCUT2D eigenvalue weighted by atomic mass is 32.2. The van der Waals surface area contributed by atoms with Crippen molar-refractivity contribution in [1.82, 2.24) is 0 Å². The van der Waals surface area contributed by atoms with Gasteiger partial charge < -0.3 is 5.11 Å². The second-order valence-electron chi connectivity index (χ2n) is 4.82. The Morgan fingerprint density at radius 2 is 1.81 bits per heavy atom. The van der Waals surface area contributed by atoms with Gasteiger partial charge in [0.25, 0.3) is 0 Å². The van der Waals surface area contributed by atoms with E-state index in [1.807, 2.05) is 19.1 Å². The average Bonchev–Trinajstić information content (AvgIpc) is 2.44. The zero-order valence-electron chi connectivity index (χ0n) is 11.7. The van der Waals surface area contributed by atoms with Crippen LogP contribution in [-0.2, 0) is 10.0 Å². The molecule has 2 N–H and O–H groups in total. The van der Waals surface area contributed by atoms with Crippen LogP contribution in [0.5, 0.6) is 0 Å². The zero-order chi connectivity index (χ0) is 15.5. The Labute approximate surface area is 123 Å². The van der Waals surface area contributed by atoms with E-state index < -0.39 is 16.0 Å². The number of anilines is 1. The van der Waals surface area contributed by atoms with E-state index in [-0.39, 0.29) is 17.0 Å². The quantitative estimate of drug-likeness (QED) is 0.859. The summed E-state index contributed by atoms with van der Waals surface area (Å²) in [5.41, 5.74) is 0.0612. The summed E-state index contributed by atoms with van der Waals surface area (Å²) in [7, 11) is -3.53. The highest BCUT2D eigenvalue weighted by Crippen LogP contribution is 2.25. The largest absolute Gasteiger partial charge is 0.478 e. The van der Waals surface area contributed by atoms with Crippen LogP contribution in [0.1, 0.15) is 30.1 Å². The van der Waals surface area contributed by atoms with Gasteiger partial charge >= 0.3 is 5.97 Å². The molecule has 0 atom stereocenters. The van der Waals surface area contributed by atoms with Gasteiger partial charge in [-0.2, -0.15) is 0 Å². The topological polar surface area (TPSA) is 83.5 Å². The monoisotopic (exact) mass is 307 g/mol. The molecule has 0 saturated carbocycles. The third-order valence-corrected chi connectivity index (χ3v) is 4.51. The zero-order valence-corrected chi connectivity index (χ0v) is 12.5. The van der Waals surface area contributed by atoms with E-state index in [1.54, 1.807) is 18.2 Å². The fraction of sp³-hybridized carbons (Fsp3) is 0.267. The number of benzene rings is 2. The molecule has 0 spiro atoms. The van der Waals surface area contributed by atoms with Crippen molar-refractivity contribution in [3.63, 3.8) is 0 Å². The first-order chi connectivity index (χ1) is 9.93. The van der Waals surface area contributed by atoms with Crippen molar-refractivity contribution < 1.29 is 18.3 Å². The Hall–Kier alpha value is -2.08. The number of carbonyl (C=O) groups is 1. The molecule has 0 aliphatic rings. The van der Waals surface area contributed by atoms with Crippen LogP contribution in [0.3, 0.4) is 0 Å². The Kier molecular flexibility index (Phi) is 4.47. The summed E-state index contributed by atoms with van der Waals surface area (Å²) >= 11 is 0. The van der Waals surface area contributed by atoms with Crippen LogP contribution >= 0.6 is 0 Å². The van der Waals surface area contributed by atoms with Crippen LogP contribution in [0.2, 0.25) is 0 Å². The average molecular weight is 307 g/mol. The highest BCUT2D eigenvalue weighted by Gasteiger charge is 2.17. The lowest BCUT2D eigenvalue weighted by atomic mass is 10.1. The van der Waals surface area contributed by atoms with E-state index in [0.29, 0.717) is 6.42 Å². The number of aromatic carboxylic acids is 1. The molecule has 0 unspecified atom stereocenters. The number of sulfonamides is 1. The summed E-state index contributed by atoms with van der Waals surface area (Å²) < 4.78 is 26.3. The maximum atomic E-state index is 12.0. The summed E-state index contributed by atoms with van der Waals surface area (Å²) in [5.74, 6) is -1.18. The predicted molar refractivity (Wildman–Crippen MR) is 83.2 cm³/mol. The Morgan fingerprint density at radius 3 is 2.38 bits per heavy atom. The van der Waals surface area contributed by atoms with Crippen molar-refractivity contribution in [3.05, 3.63) is 42.0 Å². The molecule has 2 rings (SSSR count). The van der Waals surface area contributed by atoms with Gasteiger partial charge in [-0.15, -0.1) is 0 Å². The molecule has 0 radical (unpaired) electrons. The van der Waals surface area contributed by atoms with Crippen molar-refractivity contribution in [1.29, 1.82) is 0 Å². The summed E-state index contributed by atoms with van der Waals surface area (Å²) in [5, 5.41) is 10.8. The van der Waals surface area contributed by atoms with Gasteiger partial charge in [-0.3, -0.25) is 4.72 Å². The number of hydrogen-bond donors (Lipinski definition) is 2. The molecule has 5 nitrogen and oxygen atoms in total. The standard InChI is InChI=1S/C15H17NO4S/c1-2-3-8-21(19,20)16-14-10-12-7-5-4-6-11(12)9-13(14)15(17)18/h4-7,9-10,16H,2-3,8H2,1H3,(H,17,18).